The number of aromatic amines is 1. The fourth-order valence-corrected chi connectivity index (χ4v) is 11.7. The van der Waals surface area contributed by atoms with E-state index in [0.29, 0.717) is 24.2 Å². The molecule has 3 fully saturated rings. The molecular formula is C37H45NO4. The van der Waals surface area contributed by atoms with Gasteiger partial charge in [0.1, 0.15) is 12.2 Å². The molecule has 9 rings (SSSR count). The molecule has 3 N–H and O–H groups in total. The number of ether oxygens (including phenoxy) is 2. The topological polar surface area (TPSA) is 74.7 Å². The van der Waals surface area contributed by atoms with Gasteiger partial charge in [0.05, 0.1) is 23.4 Å². The first-order chi connectivity index (χ1) is 19.8. The predicted octanol–water partition coefficient (Wildman–Crippen LogP) is 6.69. The van der Waals surface area contributed by atoms with E-state index in [1.54, 1.807) is 5.56 Å². The summed E-state index contributed by atoms with van der Waals surface area (Å²) in [5.74, 6) is 1.74. The van der Waals surface area contributed by atoms with Crippen LogP contribution in [0.5, 0.6) is 0 Å². The van der Waals surface area contributed by atoms with Crippen LogP contribution >= 0.6 is 0 Å². The molecule has 5 nitrogen and oxygen atoms in total. The van der Waals surface area contributed by atoms with Crippen molar-refractivity contribution in [2.75, 3.05) is 0 Å². The molecule has 0 spiro atoms. The van der Waals surface area contributed by atoms with Gasteiger partial charge in [0.2, 0.25) is 0 Å². The van der Waals surface area contributed by atoms with Crippen molar-refractivity contribution >= 4 is 10.9 Å². The number of hydrogen-bond acceptors (Lipinski definition) is 4. The first kappa shape index (κ1) is 26.2. The van der Waals surface area contributed by atoms with Gasteiger partial charge in [-0.2, -0.15) is 0 Å². The molecule has 0 bridgehead atoms. The van der Waals surface area contributed by atoms with Gasteiger partial charge in [-0.3, -0.25) is 0 Å². The van der Waals surface area contributed by atoms with Crippen LogP contribution in [0.25, 0.3) is 10.9 Å². The number of rotatable bonds is 1. The van der Waals surface area contributed by atoms with Crippen LogP contribution in [0.2, 0.25) is 0 Å². The molecule has 7 aliphatic rings. The van der Waals surface area contributed by atoms with Gasteiger partial charge >= 0.3 is 0 Å². The van der Waals surface area contributed by atoms with E-state index < -0.39 is 23.2 Å². The van der Waals surface area contributed by atoms with Gasteiger partial charge in [0, 0.05) is 38.9 Å². The molecule has 3 saturated carbocycles. The van der Waals surface area contributed by atoms with Crippen molar-refractivity contribution in [2.45, 2.75) is 120 Å². The highest BCUT2D eigenvalue weighted by Gasteiger charge is 2.73. The fourth-order valence-electron chi connectivity index (χ4n) is 11.7. The molecule has 2 aromatic rings. The highest BCUT2D eigenvalue weighted by atomic mass is 16.5. The van der Waals surface area contributed by atoms with E-state index in [2.05, 4.69) is 58.0 Å². The predicted molar refractivity (Wildman–Crippen MR) is 163 cm³/mol. The van der Waals surface area contributed by atoms with Gasteiger partial charge in [-0.25, -0.2) is 0 Å². The average Bonchev–Trinajstić information content (AvgIpc) is 3.38. The van der Waals surface area contributed by atoms with Crippen molar-refractivity contribution in [3.63, 3.8) is 0 Å². The molecule has 2 aliphatic heterocycles. The Morgan fingerprint density at radius 3 is 2.62 bits per heavy atom. The maximum absolute atomic E-state index is 13.0. The molecule has 222 valence electrons. The van der Waals surface area contributed by atoms with Crippen LogP contribution in [0.1, 0.15) is 101 Å². The Morgan fingerprint density at radius 1 is 1.07 bits per heavy atom. The van der Waals surface area contributed by atoms with E-state index in [-0.39, 0.29) is 29.1 Å². The molecule has 5 aliphatic carbocycles. The molecular weight excluding hydrogens is 522 g/mol. The Bertz CT molecular complexity index is 1650. The Hall–Kier alpha value is -2.18. The second kappa shape index (κ2) is 7.72. The number of fused-ring (bicyclic) bond motifs is 7. The summed E-state index contributed by atoms with van der Waals surface area (Å²) >= 11 is 0. The largest absolute Gasteiger partial charge is 0.386 e. The maximum Gasteiger partial charge on any atom is 0.108 e. The lowest BCUT2D eigenvalue weighted by molar-refractivity contribution is -0.215. The normalized spacial score (nSPS) is 47.4. The summed E-state index contributed by atoms with van der Waals surface area (Å²) in [7, 11) is 0. The summed E-state index contributed by atoms with van der Waals surface area (Å²) in [4.78, 5) is 4.00. The van der Waals surface area contributed by atoms with Gasteiger partial charge < -0.3 is 24.7 Å². The molecule has 11 atom stereocenters. The number of aliphatic hydroxyl groups is 2. The van der Waals surface area contributed by atoms with Crippen LogP contribution in [0.4, 0.5) is 0 Å². The van der Waals surface area contributed by atoms with E-state index in [1.165, 1.54) is 33.3 Å². The molecule has 0 amide bonds. The van der Waals surface area contributed by atoms with Gasteiger partial charge in [0.25, 0.3) is 0 Å². The first-order valence-electron chi connectivity index (χ1n) is 16.3. The quantitative estimate of drug-likeness (QED) is 0.336. The van der Waals surface area contributed by atoms with Crippen LogP contribution in [-0.2, 0) is 21.3 Å². The van der Waals surface area contributed by atoms with Crippen LogP contribution < -0.4 is 0 Å². The minimum atomic E-state index is -1.08. The lowest BCUT2D eigenvalue weighted by Gasteiger charge is -2.65. The molecule has 1 aromatic heterocycles. The molecule has 0 radical (unpaired) electrons. The Labute approximate surface area is 249 Å². The summed E-state index contributed by atoms with van der Waals surface area (Å²) < 4.78 is 13.9. The second-order valence-electron chi connectivity index (χ2n) is 16.0. The first-order valence-corrected chi connectivity index (χ1v) is 16.3. The summed E-state index contributed by atoms with van der Waals surface area (Å²) in [5.41, 5.74) is 7.80. The molecule has 42 heavy (non-hydrogen) atoms. The van der Waals surface area contributed by atoms with Crippen molar-refractivity contribution < 1.29 is 19.7 Å². The molecule has 5 heteroatoms. The van der Waals surface area contributed by atoms with Crippen LogP contribution in [-0.4, -0.2) is 44.7 Å². The minimum absolute atomic E-state index is 0.0144. The highest BCUT2D eigenvalue weighted by molar-refractivity contribution is 5.92. The number of nitrogens with one attached hydrogen (secondary N) is 1. The summed E-state index contributed by atoms with van der Waals surface area (Å²) in [6.45, 7) is 19.9. The van der Waals surface area contributed by atoms with Crippen molar-refractivity contribution in [3.05, 3.63) is 70.5 Å². The van der Waals surface area contributed by atoms with Crippen LogP contribution in [0, 0.1) is 23.2 Å². The number of allylic oxidation sites excluding steroid dienone is 1. The van der Waals surface area contributed by atoms with Crippen molar-refractivity contribution in [1.29, 1.82) is 0 Å². The maximum atomic E-state index is 13.0. The number of aromatic nitrogens is 1. The second-order valence-corrected chi connectivity index (χ2v) is 16.0. The lowest BCUT2D eigenvalue weighted by atomic mass is 9.42. The van der Waals surface area contributed by atoms with Gasteiger partial charge in [0.15, 0.2) is 0 Å². The Morgan fingerprint density at radius 2 is 1.86 bits per heavy atom. The zero-order valence-electron chi connectivity index (χ0n) is 25.7. The monoisotopic (exact) mass is 567 g/mol. The molecule has 1 aromatic carbocycles. The third-order valence-corrected chi connectivity index (χ3v) is 14.1. The van der Waals surface area contributed by atoms with Gasteiger partial charge in [-0.05, 0) is 111 Å². The van der Waals surface area contributed by atoms with E-state index in [4.69, 9.17) is 9.47 Å². The smallest absolute Gasteiger partial charge is 0.108 e. The number of hydrogen-bond donors (Lipinski definition) is 3. The fraction of sp³-hybridized carbons (Fsp3) is 0.622. The van der Waals surface area contributed by atoms with E-state index in [1.807, 2.05) is 13.0 Å². The van der Waals surface area contributed by atoms with E-state index in [0.717, 1.165) is 43.3 Å². The zero-order valence-corrected chi connectivity index (χ0v) is 25.7. The minimum Gasteiger partial charge on any atom is -0.386 e. The lowest BCUT2D eigenvalue weighted by Crippen LogP contribution is -2.68. The zero-order chi connectivity index (χ0) is 29.3. The Kier molecular flexibility index (Phi) is 4.82. The Balaban J connectivity index is 1.27. The number of benzene rings is 1. The average molecular weight is 568 g/mol. The third-order valence-electron chi connectivity index (χ3n) is 14.1. The van der Waals surface area contributed by atoms with Gasteiger partial charge in [-0.1, -0.05) is 38.6 Å². The number of H-pyrrole nitrogens is 1. The third kappa shape index (κ3) is 2.70. The number of aliphatic hydroxyl groups excluding tert-OH is 1. The van der Waals surface area contributed by atoms with Gasteiger partial charge in [-0.15, -0.1) is 0 Å². The molecule has 2 unspecified atom stereocenters. The SMILES string of the molecule is C=C1Cc2ccc3[nH]c4c5c3c2[C@H]2[C@@H]1C[C@@H]2C(C)(C)O[C@H]5C1CC[C@@]2(O)C3=C[C@@H](O)[C@@H](C(=C)C)OC3CC[C@]2(C)[C@@]41C. The molecule has 3 heterocycles. The molecule has 0 saturated heterocycles. The van der Waals surface area contributed by atoms with Crippen molar-refractivity contribution in [1.82, 2.24) is 4.98 Å². The van der Waals surface area contributed by atoms with Crippen LogP contribution in [0.15, 0.2) is 48.1 Å². The summed E-state index contributed by atoms with van der Waals surface area (Å²) in [5, 5.41) is 25.5. The summed E-state index contributed by atoms with van der Waals surface area (Å²) in [6, 6.07) is 4.63. The standard InChI is InChI=1S/C37H45NO4/c1-17(2)31-25(39)16-22-26(41-31)11-12-35(6)36(7)21(10-13-37(22,35)40)32-30-29-24(38-33(30)36)9-8-19-14-18(3)20-15-23(28(20)27(19)29)34(4,5)42-32/h8-9,16,20-21,23,25-26,28,31-32,38-40H,1,3,10-15H2,2,4-7H3/t20-,21?,23+,25-,26?,28+,31-,32+,35-,36-,37-/m1/s1. The van der Waals surface area contributed by atoms with E-state index >= 15 is 0 Å². The van der Waals surface area contributed by atoms with Crippen molar-refractivity contribution in [3.8, 4) is 0 Å². The highest BCUT2D eigenvalue weighted by Crippen LogP contribution is 2.74. The van der Waals surface area contributed by atoms with Crippen LogP contribution in [0.3, 0.4) is 0 Å². The van der Waals surface area contributed by atoms with E-state index in [9.17, 15) is 10.2 Å². The van der Waals surface area contributed by atoms with Crippen molar-refractivity contribution in [2.24, 2.45) is 23.2 Å². The summed E-state index contributed by atoms with van der Waals surface area (Å²) in [6.07, 6.45) is 5.79.